The number of carbonyl (C=O) groups excluding carboxylic acids is 1. The van der Waals surface area contributed by atoms with Gasteiger partial charge in [0.1, 0.15) is 6.61 Å². The zero-order chi connectivity index (χ0) is 21.2. The topological polar surface area (TPSA) is 96.8 Å². The summed E-state index contributed by atoms with van der Waals surface area (Å²) in [6, 6.07) is 11.5. The number of nitrogens with zero attached hydrogens (tertiary/aromatic N) is 1. The highest BCUT2D eigenvalue weighted by molar-refractivity contribution is 5.92. The molecule has 8 nitrogen and oxygen atoms in total. The second kappa shape index (κ2) is 8.56. The van der Waals surface area contributed by atoms with Crippen molar-refractivity contribution in [2.45, 2.75) is 32.3 Å². The van der Waals surface area contributed by atoms with Crippen LogP contribution in [0.15, 0.2) is 45.6 Å². The second-order valence-corrected chi connectivity index (χ2v) is 8.30. The zero-order valence-corrected chi connectivity index (χ0v) is 17.2. The van der Waals surface area contributed by atoms with Gasteiger partial charge in [0, 0.05) is 30.3 Å². The molecule has 162 valence electrons. The summed E-state index contributed by atoms with van der Waals surface area (Å²) in [5.74, 6) is 0.951. The number of aromatic nitrogens is 1. The third-order valence-corrected chi connectivity index (χ3v) is 6.09. The summed E-state index contributed by atoms with van der Waals surface area (Å²) < 4.78 is 5.04. The van der Waals surface area contributed by atoms with Gasteiger partial charge in [0.05, 0.1) is 5.52 Å². The molecule has 0 bridgehead atoms. The lowest BCUT2D eigenvalue weighted by Crippen LogP contribution is -2.36. The molecule has 0 unspecified atom stereocenters. The zero-order valence-electron chi connectivity index (χ0n) is 17.2. The number of anilines is 1. The maximum Gasteiger partial charge on any atom is 0.417 e. The molecule has 8 heteroatoms. The van der Waals surface area contributed by atoms with E-state index in [0.29, 0.717) is 35.7 Å². The van der Waals surface area contributed by atoms with Gasteiger partial charge >= 0.3 is 5.76 Å². The van der Waals surface area contributed by atoms with Crippen molar-refractivity contribution in [2.75, 3.05) is 25.0 Å². The number of piperidine rings is 1. The third kappa shape index (κ3) is 4.65. The number of benzene rings is 2. The average Bonchev–Trinajstić information content (AvgIpc) is 3.38. The van der Waals surface area contributed by atoms with Crippen molar-refractivity contribution >= 4 is 22.7 Å². The molecule has 2 aliphatic rings. The van der Waals surface area contributed by atoms with Gasteiger partial charge in [-0.2, -0.15) is 4.89 Å². The Morgan fingerprint density at radius 2 is 2.03 bits per heavy atom. The van der Waals surface area contributed by atoms with Crippen molar-refractivity contribution in [1.29, 1.82) is 0 Å². The SMILES string of the molecule is O=C(CCN1CCC(Cc2ccc3c(c2)OOC3)CC1)Nc1ccc2[nH]c(=O)oc2c1. The number of nitrogens with one attached hydrogen (secondary N) is 2. The van der Waals surface area contributed by atoms with Crippen LogP contribution in [0, 0.1) is 5.92 Å². The number of rotatable bonds is 6. The van der Waals surface area contributed by atoms with Crippen LogP contribution >= 0.6 is 0 Å². The number of aromatic amines is 1. The molecule has 1 saturated heterocycles. The lowest BCUT2D eigenvalue weighted by molar-refractivity contribution is -0.194. The molecule has 1 aromatic heterocycles. The van der Waals surface area contributed by atoms with Gasteiger partial charge in [-0.3, -0.25) is 9.78 Å². The Balaban J connectivity index is 1.06. The van der Waals surface area contributed by atoms with E-state index in [2.05, 4.69) is 33.4 Å². The Hall–Kier alpha value is -3.10. The van der Waals surface area contributed by atoms with Crippen LogP contribution in [0.4, 0.5) is 5.69 Å². The van der Waals surface area contributed by atoms with E-state index in [0.717, 1.165) is 50.2 Å². The lowest BCUT2D eigenvalue weighted by atomic mass is 9.89. The molecule has 2 N–H and O–H groups in total. The van der Waals surface area contributed by atoms with E-state index in [4.69, 9.17) is 14.2 Å². The van der Waals surface area contributed by atoms with E-state index < -0.39 is 5.76 Å². The summed E-state index contributed by atoms with van der Waals surface area (Å²) in [5, 5.41) is 2.88. The van der Waals surface area contributed by atoms with E-state index in [1.807, 2.05) is 0 Å². The molecule has 3 heterocycles. The van der Waals surface area contributed by atoms with E-state index >= 15 is 0 Å². The quantitative estimate of drug-likeness (QED) is 0.591. The minimum atomic E-state index is -0.500. The first-order valence-electron chi connectivity index (χ1n) is 10.7. The van der Waals surface area contributed by atoms with Crippen LogP contribution in [0.3, 0.4) is 0 Å². The van der Waals surface area contributed by atoms with Crippen molar-refractivity contribution in [3.63, 3.8) is 0 Å². The monoisotopic (exact) mass is 423 g/mol. The first-order valence-corrected chi connectivity index (χ1v) is 10.7. The molecule has 0 saturated carbocycles. The van der Waals surface area contributed by atoms with Gasteiger partial charge in [-0.15, -0.1) is 0 Å². The van der Waals surface area contributed by atoms with Gasteiger partial charge in [0.25, 0.3) is 0 Å². The fourth-order valence-electron chi connectivity index (χ4n) is 4.33. The summed E-state index contributed by atoms with van der Waals surface area (Å²) in [6.45, 7) is 3.27. The molecule has 0 aliphatic carbocycles. The van der Waals surface area contributed by atoms with E-state index in [1.165, 1.54) is 5.56 Å². The molecule has 3 aromatic rings. The largest absolute Gasteiger partial charge is 0.417 e. The predicted octanol–water partition coefficient (Wildman–Crippen LogP) is 3.23. The normalized spacial score (nSPS) is 16.9. The van der Waals surface area contributed by atoms with Gasteiger partial charge in [-0.1, -0.05) is 12.1 Å². The van der Waals surface area contributed by atoms with Gasteiger partial charge in [-0.05, 0) is 62.0 Å². The van der Waals surface area contributed by atoms with Crippen LogP contribution in [0.5, 0.6) is 5.75 Å². The Kier molecular flexibility index (Phi) is 5.48. The van der Waals surface area contributed by atoms with E-state index in [9.17, 15) is 9.59 Å². The first-order chi connectivity index (χ1) is 15.1. The number of carbonyl (C=O) groups is 1. The van der Waals surface area contributed by atoms with Gasteiger partial charge in [0.15, 0.2) is 11.3 Å². The standard InChI is InChI=1S/C23H25N3O5/c27-22(24-18-3-4-19-21(13-18)30-23(28)25-19)7-10-26-8-5-15(6-9-26)11-16-1-2-17-14-29-31-20(17)12-16/h1-4,12-13,15H,5-11,14H2,(H,24,27)(H,25,28). The van der Waals surface area contributed by atoms with Crippen LogP contribution in [-0.2, 0) is 22.7 Å². The first kappa shape index (κ1) is 19.8. The van der Waals surface area contributed by atoms with Crippen molar-refractivity contribution < 1.29 is 19.0 Å². The fraction of sp³-hybridized carbons (Fsp3) is 0.391. The molecule has 1 amide bonds. The number of fused-ring (bicyclic) bond motifs is 2. The molecule has 31 heavy (non-hydrogen) atoms. The summed E-state index contributed by atoms with van der Waals surface area (Å²) in [7, 11) is 0. The van der Waals surface area contributed by atoms with Crippen LogP contribution < -0.4 is 16.0 Å². The average molecular weight is 423 g/mol. The summed E-state index contributed by atoms with van der Waals surface area (Å²) in [4.78, 5) is 38.7. The number of H-pyrrole nitrogens is 1. The van der Waals surface area contributed by atoms with Crippen molar-refractivity contribution in [3.8, 4) is 5.75 Å². The number of likely N-dealkylation sites (tertiary alicyclic amines) is 1. The highest BCUT2D eigenvalue weighted by atomic mass is 17.2. The second-order valence-electron chi connectivity index (χ2n) is 8.30. The Morgan fingerprint density at radius 3 is 2.90 bits per heavy atom. The summed E-state index contributed by atoms with van der Waals surface area (Å²) in [5.41, 5.74) is 4.08. The molecular weight excluding hydrogens is 398 g/mol. The van der Waals surface area contributed by atoms with Crippen LogP contribution in [0.25, 0.3) is 11.1 Å². The van der Waals surface area contributed by atoms with Crippen molar-refractivity contribution in [2.24, 2.45) is 5.92 Å². The number of hydrogen-bond acceptors (Lipinski definition) is 6. The number of hydrogen-bond donors (Lipinski definition) is 2. The molecule has 2 aliphatic heterocycles. The Labute approximate surface area is 179 Å². The smallest absolute Gasteiger partial charge is 0.408 e. The van der Waals surface area contributed by atoms with E-state index in [1.54, 1.807) is 18.2 Å². The van der Waals surface area contributed by atoms with Gasteiger partial charge in [-0.25, -0.2) is 4.79 Å². The minimum Gasteiger partial charge on any atom is -0.408 e. The highest BCUT2D eigenvalue weighted by Gasteiger charge is 2.21. The maximum atomic E-state index is 12.3. The molecule has 0 spiro atoms. The van der Waals surface area contributed by atoms with Crippen LogP contribution in [0.2, 0.25) is 0 Å². The molecule has 5 rings (SSSR count). The van der Waals surface area contributed by atoms with Crippen LogP contribution in [-0.4, -0.2) is 35.4 Å². The maximum absolute atomic E-state index is 12.3. The molecular formula is C23H25N3O5. The van der Waals surface area contributed by atoms with Gasteiger partial charge in [0.2, 0.25) is 5.91 Å². The highest BCUT2D eigenvalue weighted by Crippen LogP contribution is 2.29. The van der Waals surface area contributed by atoms with Gasteiger partial charge < -0.3 is 19.5 Å². The predicted molar refractivity (Wildman–Crippen MR) is 115 cm³/mol. The van der Waals surface area contributed by atoms with E-state index in [-0.39, 0.29) is 5.91 Å². The number of amides is 1. The fourth-order valence-corrected chi connectivity index (χ4v) is 4.33. The summed E-state index contributed by atoms with van der Waals surface area (Å²) in [6.07, 6.45) is 3.73. The van der Waals surface area contributed by atoms with Crippen molar-refractivity contribution in [1.82, 2.24) is 9.88 Å². The molecule has 2 aromatic carbocycles. The minimum absolute atomic E-state index is 0.0419. The lowest BCUT2D eigenvalue weighted by Gasteiger charge is -2.31. The molecule has 1 fully saturated rings. The third-order valence-electron chi connectivity index (χ3n) is 6.09. The Bertz CT molecular complexity index is 1140. The Morgan fingerprint density at radius 1 is 1.16 bits per heavy atom. The van der Waals surface area contributed by atoms with Crippen molar-refractivity contribution in [3.05, 3.63) is 58.1 Å². The summed E-state index contributed by atoms with van der Waals surface area (Å²) >= 11 is 0. The molecule has 0 atom stereocenters. The van der Waals surface area contributed by atoms with Crippen LogP contribution in [0.1, 0.15) is 30.4 Å². The molecule has 0 radical (unpaired) electrons. The number of oxazole rings is 1.